The number of β-amino-alcohol motifs (C(OH)–C–C–N with tert-alkyl or cyclic N) is 1. The number of hydrogen-bond donors (Lipinski definition) is 2. The van der Waals surface area contributed by atoms with Gasteiger partial charge in [0.25, 0.3) is 5.91 Å². The average Bonchev–Trinajstić information content (AvgIpc) is 2.45. The first-order chi connectivity index (χ1) is 10.0. The van der Waals surface area contributed by atoms with Gasteiger partial charge in [-0.3, -0.25) is 9.69 Å². The summed E-state index contributed by atoms with van der Waals surface area (Å²) in [4.78, 5) is 13.8. The van der Waals surface area contributed by atoms with Crippen LogP contribution >= 0.6 is 0 Å². The molecule has 0 aliphatic carbocycles. The largest absolute Gasteiger partial charge is 0.390 e. The predicted octanol–water partition coefficient (Wildman–Crippen LogP) is 0.388. The Morgan fingerprint density at radius 3 is 2.52 bits per heavy atom. The van der Waals surface area contributed by atoms with Crippen LogP contribution in [0.2, 0.25) is 0 Å². The number of nitrogens with zero attached hydrogens (tertiary/aromatic N) is 1. The summed E-state index contributed by atoms with van der Waals surface area (Å²) in [6.07, 6.45) is -0.745. The first kappa shape index (κ1) is 15.8. The van der Waals surface area contributed by atoms with Gasteiger partial charge in [-0.2, -0.15) is 0 Å². The minimum Gasteiger partial charge on any atom is -0.390 e. The van der Waals surface area contributed by atoms with Crippen LogP contribution in [-0.2, 0) is 4.74 Å². The normalized spacial score (nSPS) is 17.5. The fourth-order valence-electron chi connectivity index (χ4n) is 2.14. The van der Waals surface area contributed by atoms with Gasteiger partial charge in [0.1, 0.15) is 11.6 Å². The summed E-state index contributed by atoms with van der Waals surface area (Å²) in [7, 11) is 0. The maximum Gasteiger partial charge on any atom is 0.251 e. The molecule has 1 aliphatic rings. The number of morpholine rings is 1. The van der Waals surface area contributed by atoms with Crippen LogP contribution in [-0.4, -0.2) is 61.4 Å². The Bertz CT molecular complexity index is 473. The summed E-state index contributed by atoms with van der Waals surface area (Å²) in [5.74, 6) is -2.24. The highest BCUT2D eigenvalue weighted by atomic mass is 19.1. The standard InChI is InChI=1S/C14H18F2N2O3/c15-11-5-10(6-12(16)7-11)14(20)17-8-13(19)9-18-1-3-21-4-2-18/h5-7,13,19H,1-4,8-9H2,(H,17,20). The predicted molar refractivity (Wildman–Crippen MR) is 72.0 cm³/mol. The number of amides is 1. The van der Waals surface area contributed by atoms with E-state index in [-0.39, 0.29) is 12.1 Å². The van der Waals surface area contributed by atoms with Crippen LogP contribution in [0, 0.1) is 11.6 Å². The molecule has 1 atom stereocenters. The number of rotatable bonds is 5. The lowest BCUT2D eigenvalue weighted by Gasteiger charge is -2.28. The second-order valence-electron chi connectivity index (χ2n) is 4.93. The fourth-order valence-corrected chi connectivity index (χ4v) is 2.14. The van der Waals surface area contributed by atoms with E-state index in [9.17, 15) is 18.7 Å². The summed E-state index contributed by atoms with van der Waals surface area (Å²) in [6, 6.07) is 2.60. The molecular formula is C14H18F2N2O3. The number of aliphatic hydroxyl groups excluding tert-OH is 1. The Balaban J connectivity index is 1.79. The molecule has 2 N–H and O–H groups in total. The maximum absolute atomic E-state index is 13.0. The first-order valence-corrected chi connectivity index (χ1v) is 6.77. The highest BCUT2D eigenvalue weighted by Crippen LogP contribution is 2.07. The molecule has 1 heterocycles. The lowest BCUT2D eigenvalue weighted by atomic mass is 10.2. The smallest absolute Gasteiger partial charge is 0.251 e. The molecule has 5 nitrogen and oxygen atoms in total. The monoisotopic (exact) mass is 300 g/mol. The summed E-state index contributed by atoms with van der Waals surface area (Å²) in [6.45, 7) is 3.17. The van der Waals surface area contributed by atoms with Crippen molar-refractivity contribution in [1.82, 2.24) is 10.2 Å². The van der Waals surface area contributed by atoms with Gasteiger partial charge in [-0.05, 0) is 12.1 Å². The van der Waals surface area contributed by atoms with Gasteiger partial charge in [0.2, 0.25) is 0 Å². The van der Waals surface area contributed by atoms with E-state index in [1.165, 1.54) is 0 Å². The number of benzene rings is 1. The molecule has 0 bridgehead atoms. The van der Waals surface area contributed by atoms with Crippen molar-refractivity contribution < 1.29 is 23.4 Å². The van der Waals surface area contributed by atoms with Gasteiger partial charge in [-0.25, -0.2) is 8.78 Å². The number of hydrogen-bond acceptors (Lipinski definition) is 4. The summed E-state index contributed by atoms with van der Waals surface area (Å²) in [5, 5.41) is 12.3. The molecule has 116 valence electrons. The molecule has 1 aromatic rings. The topological polar surface area (TPSA) is 61.8 Å². The lowest BCUT2D eigenvalue weighted by Crippen LogP contribution is -2.44. The van der Waals surface area contributed by atoms with Crippen LogP contribution in [0.5, 0.6) is 0 Å². The molecule has 1 saturated heterocycles. The zero-order chi connectivity index (χ0) is 15.2. The van der Waals surface area contributed by atoms with E-state index in [1.54, 1.807) is 0 Å². The zero-order valence-electron chi connectivity index (χ0n) is 11.5. The van der Waals surface area contributed by atoms with Crippen LogP contribution in [0.1, 0.15) is 10.4 Å². The third-order valence-corrected chi connectivity index (χ3v) is 3.20. The Labute approximate surface area is 121 Å². The fraction of sp³-hybridized carbons (Fsp3) is 0.500. The maximum atomic E-state index is 13.0. The highest BCUT2D eigenvalue weighted by Gasteiger charge is 2.16. The van der Waals surface area contributed by atoms with Gasteiger partial charge >= 0.3 is 0 Å². The van der Waals surface area contributed by atoms with Crippen molar-refractivity contribution >= 4 is 5.91 Å². The molecule has 0 aromatic heterocycles. The van der Waals surface area contributed by atoms with Crippen molar-refractivity contribution in [2.45, 2.75) is 6.10 Å². The second-order valence-corrected chi connectivity index (χ2v) is 4.93. The molecule has 7 heteroatoms. The zero-order valence-corrected chi connectivity index (χ0v) is 11.5. The number of halogens is 2. The van der Waals surface area contributed by atoms with Crippen LogP contribution in [0.3, 0.4) is 0 Å². The number of ether oxygens (including phenoxy) is 1. The molecule has 0 saturated carbocycles. The second kappa shape index (κ2) is 7.44. The molecule has 1 unspecified atom stereocenters. The van der Waals surface area contributed by atoms with E-state index in [1.807, 2.05) is 4.90 Å². The Morgan fingerprint density at radius 2 is 1.90 bits per heavy atom. The molecular weight excluding hydrogens is 282 g/mol. The quantitative estimate of drug-likeness (QED) is 0.826. The van der Waals surface area contributed by atoms with E-state index < -0.39 is 23.6 Å². The number of carbonyl (C=O) groups is 1. The lowest BCUT2D eigenvalue weighted by molar-refractivity contribution is 0.0149. The molecule has 0 radical (unpaired) electrons. The molecule has 1 fully saturated rings. The van der Waals surface area contributed by atoms with Crippen LogP contribution in [0.4, 0.5) is 8.78 Å². The summed E-state index contributed by atoms with van der Waals surface area (Å²) < 4.78 is 31.2. The van der Waals surface area contributed by atoms with Gasteiger partial charge in [0, 0.05) is 37.8 Å². The van der Waals surface area contributed by atoms with E-state index in [0.29, 0.717) is 25.8 Å². The van der Waals surface area contributed by atoms with Gasteiger partial charge in [-0.15, -0.1) is 0 Å². The SMILES string of the molecule is O=C(NCC(O)CN1CCOCC1)c1cc(F)cc(F)c1. The third kappa shape index (κ3) is 5.04. The molecule has 21 heavy (non-hydrogen) atoms. The summed E-state index contributed by atoms with van der Waals surface area (Å²) in [5.41, 5.74) is -0.105. The van der Waals surface area contributed by atoms with E-state index in [4.69, 9.17) is 4.74 Å². The molecule has 1 aromatic carbocycles. The molecule has 1 aliphatic heterocycles. The minimum atomic E-state index is -0.811. The molecule has 1 amide bonds. The molecule has 2 rings (SSSR count). The number of carbonyl (C=O) groups excluding carboxylic acids is 1. The van der Waals surface area contributed by atoms with E-state index in [2.05, 4.69) is 5.32 Å². The van der Waals surface area contributed by atoms with Gasteiger partial charge < -0.3 is 15.2 Å². The number of aliphatic hydroxyl groups is 1. The van der Waals surface area contributed by atoms with Crippen LogP contribution < -0.4 is 5.32 Å². The Morgan fingerprint density at radius 1 is 1.29 bits per heavy atom. The average molecular weight is 300 g/mol. The minimum absolute atomic E-state index is 0.0221. The number of nitrogens with one attached hydrogen (secondary N) is 1. The van der Waals surface area contributed by atoms with Crippen LogP contribution in [0.25, 0.3) is 0 Å². The van der Waals surface area contributed by atoms with E-state index in [0.717, 1.165) is 25.2 Å². The van der Waals surface area contributed by atoms with Crippen molar-refractivity contribution in [3.63, 3.8) is 0 Å². The highest BCUT2D eigenvalue weighted by molar-refractivity contribution is 5.94. The first-order valence-electron chi connectivity index (χ1n) is 6.77. The van der Waals surface area contributed by atoms with Crippen molar-refractivity contribution in [2.75, 3.05) is 39.4 Å². The third-order valence-electron chi connectivity index (χ3n) is 3.20. The van der Waals surface area contributed by atoms with Gasteiger partial charge in [-0.1, -0.05) is 0 Å². The van der Waals surface area contributed by atoms with Crippen molar-refractivity contribution in [3.8, 4) is 0 Å². The van der Waals surface area contributed by atoms with Crippen molar-refractivity contribution in [2.24, 2.45) is 0 Å². The van der Waals surface area contributed by atoms with Crippen molar-refractivity contribution in [3.05, 3.63) is 35.4 Å². The van der Waals surface area contributed by atoms with Gasteiger partial charge in [0.15, 0.2) is 0 Å². The summed E-state index contributed by atoms with van der Waals surface area (Å²) >= 11 is 0. The Hall–Kier alpha value is -1.57. The Kier molecular flexibility index (Phi) is 5.60. The van der Waals surface area contributed by atoms with E-state index >= 15 is 0 Å². The van der Waals surface area contributed by atoms with Crippen molar-refractivity contribution in [1.29, 1.82) is 0 Å². The van der Waals surface area contributed by atoms with Crippen LogP contribution in [0.15, 0.2) is 18.2 Å². The molecule has 0 spiro atoms. The van der Waals surface area contributed by atoms with Gasteiger partial charge in [0.05, 0.1) is 19.3 Å².